The molecule has 8 heteroatoms. The second-order valence-electron chi connectivity index (χ2n) is 4.71. The maximum absolute atomic E-state index is 12.2. The summed E-state index contributed by atoms with van der Waals surface area (Å²) in [6, 6.07) is 2.14. The Bertz CT molecular complexity index is 637. The molecule has 0 bridgehead atoms. The minimum Gasteiger partial charge on any atom is -0.477 e. The first-order valence-electron chi connectivity index (χ1n) is 5.98. The summed E-state index contributed by atoms with van der Waals surface area (Å²) in [5, 5.41) is 19.9. The number of carboxylic acids is 1. The zero-order valence-corrected chi connectivity index (χ0v) is 10.2. The topological polar surface area (TPSA) is 110 Å². The van der Waals surface area contributed by atoms with Gasteiger partial charge in [0, 0.05) is 18.2 Å². The summed E-state index contributed by atoms with van der Waals surface area (Å²) in [5.74, 6) is -1.70. The van der Waals surface area contributed by atoms with Crippen LogP contribution < -0.4 is 4.74 Å². The Morgan fingerprint density at radius 1 is 1.45 bits per heavy atom. The highest BCUT2D eigenvalue weighted by Gasteiger charge is 2.38. The van der Waals surface area contributed by atoms with Gasteiger partial charge < -0.3 is 14.7 Å². The second kappa shape index (κ2) is 4.19. The van der Waals surface area contributed by atoms with Crippen molar-refractivity contribution >= 4 is 17.6 Å². The average Bonchev–Trinajstić information content (AvgIpc) is 3.22. The Balaban J connectivity index is 2.09. The van der Waals surface area contributed by atoms with Crippen LogP contribution in [0.15, 0.2) is 12.1 Å². The Morgan fingerprint density at radius 3 is 2.70 bits per heavy atom. The highest BCUT2D eigenvalue weighted by Crippen LogP contribution is 2.36. The molecule has 20 heavy (non-hydrogen) atoms. The Kier molecular flexibility index (Phi) is 2.60. The minimum atomic E-state index is -1.43. The summed E-state index contributed by atoms with van der Waals surface area (Å²) >= 11 is 0. The van der Waals surface area contributed by atoms with E-state index in [-0.39, 0.29) is 30.0 Å². The summed E-state index contributed by atoms with van der Waals surface area (Å²) < 4.78 is 5.35. The Morgan fingerprint density at radius 2 is 2.15 bits per heavy atom. The predicted molar refractivity (Wildman–Crippen MR) is 64.7 cm³/mol. The number of nitro benzene ring substituents is 1. The number of fused-ring (bicyclic) bond motifs is 1. The SMILES string of the molecule is O=C(O)c1cc2c(cc1[N+](=O)[O-])C(=O)N(C1CC1)CO2. The Labute approximate surface area is 112 Å². The predicted octanol–water partition coefficient (Wildman–Crippen LogP) is 1.25. The third-order valence-electron chi connectivity index (χ3n) is 3.36. The number of hydrogen-bond acceptors (Lipinski definition) is 5. The van der Waals surface area contributed by atoms with Gasteiger partial charge in [-0.25, -0.2) is 4.79 Å². The van der Waals surface area contributed by atoms with Crippen LogP contribution in [0.2, 0.25) is 0 Å². The number of rotatable bonds is 3. The lowest BCUT2D eigenvalue weighted by Gasteiger charge is -2.28. The molecule has 1 N–H and O–H groups in total. The zero-order valence-electron chi connectivity index (χ0n) is 10.2. The van der Waals surface area contributed by atoms with E-state index in [0.29, 0.717) is 0 Å². The number of nitro groups is 1. The molecule has 0 saturated heterocycles. The van der Waals surface area contributed by atoms with Crippen LogP contribution in [0.1, 0.15) is 33.6 Å². The molecule has 0 aromatic heterocycles. The van der Waals surface area contributed by atoms with Crippen LogP contribution in [-0.4, -0.2) is 39.6 Å². The first-order valence-corrected chi connectivity index (χ1v) is 5.98. The molecule has 0 spiro atoms. The first-order chi connectivity index (χ1) is 9.49. The van der Waals surface area contributed by atoms with E-state index >= 15 is 0 Å². The van der Waals surface area contributed by atoms with E-state index < -0.39 is 22.1 Å². The number of carbonyl (C=O) groups excluding carboxylic acids is 1. The number of carbonyl (C=O) groups is 2. The number of benzene rings is 1. The zero-order chi connectivity index (χ0) is 14.4. The van der Waals surface area contributed by atoms with Crippen molar-refractivity contribution in [2.75, 3.05) is 6.73 Å². The summed E-state index contributed by atoms with van der Waals surface area (Å²) in [7, 11) is 0. The molecule has 1 aromatic carbocycles. The van der Waals surface area contributed by atoms with Crippen molar-refractivity contribution in [1.29, 1.82) is 0 Å². The van der Waals surface area contributed by atoms with Crippen LogP contribution >= 0.6 is 0 Å². The molecule has 0 atom stereocenters. The van der Waals surface area contributed by atoms with Crippen molar-refractivity contribution in [1.82, 2.24) is 4.90 Å². The number of ether oxygens (including phenoxy) is 1. The molecular weight excluding hydrogens is 268 g/mol. The fourth-order valence-corrected chi connectivity index (χ4v) is 2.19. The van der Waals surface area contributed by atoms with Crippen LogP contribution in [0, 0.1) is 10.1 Å². The van der Waals surface area contributed by atoms with Gasteiger partial charge in [0.25, 0.3) is 11.6 Å². The maximum Gasteiger partial charge on any atom is 0.342 e. The van der Waals surface area contributed by atoms with Crippen LogP contribution in [0.5, 0.6) is 5.75 Å². The molecule has 104 valence electrons. The maximum atomic E-state index is 12.2. The van der Waals surface area contributed by atoms with Crippen molar-refractivity contribution in [3.05, 3.63) is 33.4 Å². The summed E-state index contributed by atoms with van der Waals surface area (Å²) in [4.78, 5) is 34.9. The van der Waals surface area contributed by atoms with Gasteiger partial charge in [0.15, 0.2) is 6.73 Å². The standard InChI is InChI=1S/C12H10N2O6/c15-11-8-3-9(14(18)19)7(12(16)17)4-10(8)20-5-13(11)6-1-2-6/h3-4,6H,1-2,5H2,(H,16,17). The lowest BCUT2D eigenvalue weighted by Crippen LogP contribution is -2.40. The third kappa shape index (κ3) is 1.85. The van der Waals surface area contributed by atoms with Crippen molar-refractivity contribution in [3.8, 4) is 5.75 Å². The lowest BCUT2D eigenvalue weighted by atomic mass is 10.1. The number of carboxylic acid groups (broad SMARTS) is 1. The van der Waals surface area contributed by atoms with Crippen molar-refractivity contribution in [2.45, 2.75) is 18.9 Å². The van der Waals surface area contributed by atoms with Gasteiger partial charge in [-0.05, 0) is 12.8 Å². The van der Waals surface area contributed by atoms with E-state index in [4.69, 9.17) is 9.84 Å². The molecule has 1 fully saturated rings. The molecule has 2 aliphatic rings. The van der Waals surface area contributed by atoms with Gasteiger partial charge in [-0.15, -0.1) is 0 Å². The molecule has 8 nitrogen and oxygen atoms in total. The number of nitrogens with zero attached hydrogens (tertiary/aromatic N) is 2. The molecular formula is C12H10N2O6. The van der Waals surface area contributed by atoms with Gasteiger partial charge in [0.2, 0.25) is 0 Å². The Hall–Kier alpha value is -2.64. The van der Waals surface area contributed by atoms with Crippen LogP contribution in [0.3, 0.4) is 0 Å². The van der Waals surface area contributed by atoms with E-state index in [2.05, 4.69) is 0 Å². The number of aromatic carboxylic acids is 1. The van der Waals surface area contributed by atoms with Crippen LogP contribution in [0.25, 0.3) is 0 Å². The third-order valence-corrected chi connectivity index (χ3v) is 3.36. The normalized spacial score (nSPS) is 17.4. The van der Waals surface area contributed by atoms with E-state index in [1.807, 2.05) is 0 Å². The highest BCUT2D eigenvalue weighted by molar-refractivity contribution is 6.02. The average molecular weight is 278 g/mol. The summed E-state index contributed by atoms with van der Waals surface area (Å²) in [5.41, 5.74) is -1.05. The van der Waals surface area contributed by atoms with Gasteiger partial charge in [-0.3, -0.25) is 14.9 Å². The van der Waals surface area contributed by atoms with E-state index in [1.54, 1.807) is 0 Å². The van der Waals surface area contributed by atoms with E-state index in [1.165, 1.54) is 4.90 Å². The molecule has 1 aliphatic heterocycles. The fraction of sp³-hybridized carbons (Fsp3) is 0.333. The van der Waals surface area contributed by atoms with Gasteiger partial charge in [0.05, 0.1) is 10.5 Å². The van der Waals surface area contributed by atoms with E-state index in [9.17, 15) is 19.7 Å². The fourth-order valence-electron chi connectivity index (χ4n) is 2.19. The molecule has 3 rings (SSSR count). The number of hydrogen-bond donors (Lipinski definition) is 1. The van der Waals surface area contributed by atoms with Crippen LogP contribution in [0.4, 0.5) is 5.69 Å². The summed E-state index contributed by atoms with van der Waals surface area (Å²) in [6.07, 6.45) is 1.78. The lowest BCUT2D eigenvalue weighted by molar-refractivity contribution is -0.385. The van der Waals surface area contributed by atoms with Gasteiger partial charge in [0.1, 0.15) is 11.3 Å². The molecule has 1 aromatic rings. The molecule has 1 saturated carbocycles. The quantitative estimate of drug-likeness (QED) is 0.658. The second-order valence-corrected chi connectivity index (χ2v) is 4.71. The highest BCUT2D eigenvalue weighted by atomic mass is 16.6. The van der Waals surface area contributed by atoms with Gasteiger partial charge >= 0.3 is 5.97 Å². The van der Waals surface area contributed by atoms with Crippen molar-refractivity contribution in [2.24, 2.45) is 0 Å². The van der Waals surface area contributed by atoms with Crippen LogP contribution in [-0.2, 0) is 0 Å². The monoisotopic (exact) mass is 278 g/mol. The van der Waals surface area contributed by atoms with Gasteiger partial charge in [-0.1, -0.05) is 0 Å². The van der Waals surface area contributed by atoms with Gasteiger partial charge in [-0.2, -0.15) is 0 Å². The smallest absolute Gasteiger partial charge is 0.342 e. The molecule has 0 radical (unpaired) electrons. The molecule has 1 heterocycles. The molecule has 1 amide bonds. The van der Waals surface area contributed by atoms with Crippen molar-refractivity contribution < 1.29 is 24.4 Å². The van der Waals surface area contributed by atoms with Crippen molar-refractivity contribution in [3.63, 3.8) is 0 Å². The number of amides is 1. The molecule has 0 unspecified atom stereocenters. The largest absolute Gasteiger partial charge is 0.477 e. The first kappa shape index (κ1) is 12.4. The summed E-state index contributed by atoms with van der Waals surface area (Å²) in [6.45, 7) is 0.0490. The van der Waals surface area contributed by atoms with E-state index in [0.717, 1.165) is 25.0 Å². The molecule has 1 aliphatic carbocycles. The minimum absolute atomic E-state index is 0.0415.